The van der Waals surface area contributed by atoms with Crippen LogP contribution < -0.4 is 5.32 Å². The lowest BCUT2D eigenvalue weighted by molar-refractivity contribution is -0.142. The number of benzene rings is 1. The van der Waals surface area contributed by atoms with Crippen LogP contribution in [-0.2, 0) is 9.53 Å². The highest BCUT2D eigenvalue weighted by molar-refractivity contribution is 5.95. The Labute approximate surface area is 169 Å². The highest BCUT2D eigenvalue weighted by atomic mass is 16.5. The Kier molecular flexibility index (Phi) is 4.56. The van der Waals surface area contributed by atoms with Gasteiger partial charge in [0.05, 0.1) is 24.9 Å². The highest BCUT2D eigenvalue weighted by Crippen LogP contribution is 2.30. The average molecular weight is 392 g/mol. The first-order valence-corrected chi connectivity index (χ1v) is 10.0. The van der Waals surface area contributed by atoms with Crippen molar-refractivity contribution in [3.63, 3.8) is 0 Å². The van der Waals surface area contributed by atoms with Crippen molar-refractivity contribution in [3.8, 4) is 11.3 Å². The lowest BCUT2D eigenvalue weighted by atomic mass is 9.89. The van der Waals surface area contributed by atoms with Gasteiger partial charge in [0.2, 0.25) is 5.91 Å². The first-order chi connectivity index (χ1) is 14.1. The van der Waals surface area contributed by atoms with E-state index in [9.17, 15) is 4.79 Å². The summed E-state index contributed by atoms with van der Waals surface area (Å²) >= 11 is 0. The Bertz CT molecular complexity index is 1020. The molecule has 3 aromatic rings. The standard InChI is InChI=1S/C22H24N4O3/c1-22(12-28-13-22)26-6-4-15(5-7-26)21(27)25-20-9-18-8-16(19-11-23-14-29-19)2-3-17(18)10-24-20/h2-3,8-11,14-15H,4-7,12-13H2,1H3,(H,24,25,27). The highest BCUT2D eigenvalue weighted by Gasteiger charge is 2.41. The number of oxazole rings is 1. The number of aromatic nitrogens is 2. The van der Waals surface area contributed by atoms with Crippen LogP contribution in [0.5, 0.6) is 0 Å². The molecule has 0 aliphatic carbocycles. The van der Waals surface area contributed by atoms with Crippen LogP contribution in [0.4, 0.5) is 5.82 Å². The van der Waals surface area contributed by atoms with Crippen molar-refractivity contribution < 1.29 is 13.9 Å². The van der Waals surface area contributed by atoms with E-state index in [-0.39, 0.29) is 17.4 Å². The van der Waals surface area contributed by atoms with Crippen molar-refractivity contribution >= 4 is 22.5 Å². The maximum Gasteiger partial charge on any atom is 0.228 e. The second kappa shape index (κ2) is 7.24. The molecule has 4 heterocycles. The quantitative estimate of drug-likeness (QED) is 0.734. The number of hydrogen-bond acceptors (Lipinski definition) is 6. The largest absolute Gasteiger partial charge is 0.444 e. The average Bonchev–Trinajstić information content (AvgIpc) is 3.26. The Balaban J connectivity index is 1.27. The maximum atomic E-state index is 12.8. The summed E-state index contributed by atoms with van der Waals surface area (Å²) in [5.74, 6) is 1.37. The molecule has 0 radical (unpaired) electrons. The van der Waals surface area contributed by atoms with Crippen LogP contribution in [0.3, 0.4) is 0 Å². The summed E-state index contributed by atoms with van der Waals surface area (Å²) < 4.78 is 10.8. The molecule has 0 unspecified atom stereocenters. The zero-order chi connectivity index (χ0) is 19.8. The molecule has 2 saturated heterocycles. The van der Waals surface area contributed by atoms with Crippen LogP contribution in [0.25, 0.3) is 22.1 Å². The predicted molar refractivity (Wildman–Crippen MR) is 109 cm³/mol. The molecule has 0 atom stereocenters. The molecule has 7 nitrogen and oxygen atoms in total. The normalized spacial score (nSPS) is 19.8. The molecular formula is C22H24N4O3. The van der Waals surface area contributed by atoms with Gasteiger partial charge >= 0.3 is 0 Å². The molecule has 2 aromatic heterocycles. The van der Waals surface area contributed by atoms with Crippen LogP contribution in [0.1, 0.15) is 19.8 Å². The van der Waals surface area contributed by atoms with Gasteiger partial charge in [0.1, 0.15) is 5.82 Å². The zero-order valence-electron chi connectivity index (χ0n) is 16.4. The monoisotopic (exact) mass is 392 g/mol. The molecule has 0 saturated carbocycles. The molecule has 1 amide bonds. The van der Waals surface area contributed by atoms with Gasteiger partial charge in [0.25, 0.3) is 0 Å². The third-order valence-electron chi connectivity index (χ3n) is 6.15. The Hall–Kier alpha value is -2.77. The van der Waals surface area contributed by atoms with Crippen LogP contribution in [0.2, 0.25) is 0 Å². The summed E-state index contributed by atoms with van der Waals surface area (Å²) in [6.45, 7) is 5.69. The summed E-state index contributed by atoms with van der Waals surface area (Å²) in [4.78, 5) is 23.6. The number of likely N-dealkylation sites (tertiary alicyclic amines) is 1. The fourth-order valence-electron chi connectivity index (χ4n) is 4.21. The van der Waals surface area contributed by atoms with Crippen molar-refractivity contribution in [2.24, 2.45) is 5.92 Å². The number of fused-ring (bicyclic) bond motifs is 1. The fourth-order valence-corrected chi connectivity index (χ4v) is 4.21. The predicted octanol–water partition coefficient (Wildman–Crippen LogP) is 3.33. The van der Waals surface area contributed by atoms with E-state index in [2.05, 4.69) is 27.1 Å². The number of nitrogens with zero attached hydrogens (tertiary/aromatic N) is 3. The fraction of sp³-hybridized carbons (Fsp3) is 0.409. The number of nitrogens with one attached hydrogen (secondary N) is 1. The van der Waals surface area contributed by atoms with Gasteiger partial charge in [-0.05, 0) is 50.4 Å². The molecule has 2 fully saturated rings. The van der Waals surface area contributed by atoms with E-state index in [0.29, 0.717) is 11.6 Å². The molecular weight excluding hydrogens is 368 g/mol. The number of rotatable bonds is 4. The SMILES string of the molecule is CC1(N2CCC(C(=O)Nc3cc4cc(-c5cnco5)ccc4cn3)CC2)COC1. The number of hydrogen-bond donors (Lipinski definition) is 1. The molecule has 1 N–H and O–H groups in total. The Morgan fingerprint density at radius 1 is 1.17 bits per heavy atom. The lowest BCUT2D eigenvalue weighted by Crippen LogP contribution is -2.62. The van der Waals surface area contributed by atoms with Crippen molar-refractivity contribution in [2.75, 3.05) is 31.6 Å². The van der Waals surface area contributed by atoms with E-state index in [1.54, 1.807) is 12.4 Å². The number of anilines is 1. The third kappa shape index (κ3) is 3.52. The smallest absolute Gasteiger partial charge is 0.228 e. The summed E-state index contributed by atoms with van der Waals surface area (Å²) in [7, 11) is 0. The van der Waals surface area contributed by atoms with Crippen molar-refractivity contribution in [1.29, 1.82) is 0 Å². The van der Waals surface area contributed by atoms with E-state index in [1.807, 2.05) is 24.3 Å². The minimum absolute atomic E-state index is 0.0221. The maximum absolute atomic E-state index is 12.8. The Morgan fingerprint density at radius 3 is 2.69 bits per heavy atom. The van der Waals surface area contributed by atoms with Gasteiger partial charge in [-0.15, -0.1) is 0 Å². The van der Waals surface area contributed by atoms with E-state index >= 15 is 0 Å². The molecule has 2 aliphatic rings. The zero-order valence-corrected chi connectivity index (χ0v) is 16.4. The lowest BCUT2D eigenvalue weighted by Gasteiger charge is -2.49. The summed E-state index contributed by atoms with van der Waals surface area (Å²) in [5, 5.41) is 5.02. The van der Waals surface area contributed by atoms with Gasteiger partial charge < -0.3 is 14.5 Å². The molecule has 150 valence electrons. The van der Waals surface area contributed by atoms with Crippen LogP contribution in [-0.4, -0.2) is 52.6 Å². The first-order valence-electron chi connectivity index (χ1n) is 10.0. The van der Waals surface area contributed by atoms with E-state index in [4.69, 9.17) is 9.15 Å². The van der Waals surface area contributed by atoms with Crippen molar-refractivity contribution in [2.45, 2.75) is 25.3 Å². The second-order valence-corrected chi connectivity index (χ2v) is 8.24. The summed E-state index contributed by atoms with van der Waals surface area (Å²) in [6.07, 6.45) is 6.62. The summed E-state index contributed by atoms with van der Waals surface area (Å²) in [5.41, 5.74) is 1.10. The minimum atomic E-state index is 0.0221. The number of piperidine rings is 1. The molecule has 1 aromatic carbocycles. The third-order valence-corrected chi connectivity index (χ3v) is 6.15. The van der Waals surface area contributed by atoms with Gasteiger partial charge in [-0.2, -0.15) is 0 Å². The number of ether oxygens (including phenoxy) is 1. The molecule has 0 bridgehead atoms. The molecule has 7 heteroatoms. The molecule has 2 aliphatic heterocycles. The van der Waals surface area contributed by atoms with Crippen molar-refractivity contribution in [1.82, 2.24) is 14.9 Å². The van der Waals surface area contributed by atoms with Gasteiger partial charge in [-0.1, -0.05) is 12.1 Å². The van der Waals surface area contributed by atoms with Crippen LogP contribution in [0.15, 0.2) is 47.5 Å². The summed E-state index contributed by atoms with van der Waals surface area (Å²) in [6, 6.07) is 7.90. The van der Waals surface area contributed by atoms with Crippen LogP contribution in [0, 0.1) is 5.92 Å². The van der Waals surface area contributed by atoms with E-state index in [1.165, 1.54) is 6.39 Å². The van der Waals surface area contributed by atoms with Crippen LogP contribution >= 0.6 is 0 Å². The van der Waals surface area contributed by atoms with E-state index < -0.39 is 0 Å². The Morgan fingerprint density at radius 2 is 2.00 bits per heavy atom. The second-order valence-electron chi connectivity index (χ2n) is 8.24. The number of carbonyl (C=O) groups is 1. The number of amides is 1. The van der Waals surface area contributed by atoms with Gasteiger partial charge in [-0.25, -0.2) is 9.97 Å². The molecule has 5 rings (SSSR count). The van der Waals surface area contributed by atoms with E-state index in [0.717, 1.165) is 55.5 Å². The molecule has 29 heavy (non-hydrogen) atoms. The number of carbonyl (C=O) groups excluding carboxylic acids is 1. The van der Waals surface area contributed by atoms with Gasteiger partial charge in [0.15, 0.2) is 12.2 Å². The molecule has 0 spiro atoms. The van der Waals surface area contributed by atoms with Gasteiger partial charge in [-0.3, -0.25) is 9.69 Å². The number of pyridine rings is 1. The minimum Gasteiger partial charge on any atom is -0.444 e. The van der Waals surface area contributed by atoms with Crippen molar-refractivity contribution in [3.05, 3.63) is 43.1 Å². The first kappa shape index (κ1) is 18.3. The van der Waals surface area contributed by atoms with Gasteiger partial charge in [0, 0.05) is 23.1 Å². The topological polar surface area (TPSA) is 80.5 Å².